The zero-order chi connectivity index (χ0) is 20.8. The summed E-state index contributed by atoms with van der Waals surface area (Å²) in [6, 6.07) is 4.68. The number of hydrogen-bond acceptors (Lipinski definition) is 4. The van der Waals surface area contributed by atoms with Gasteiger partial charge in [0.25, 0.3) is 5.91 Å². The number of anilines is 1. The van der Waals surface area contributed by atoms with Gasteiger partial charge in [-0.1, -0.05) is 5.21 Å². The fourth-order valence-corrected chi connectivity index (χ4v) is 4.39. The van der Waals surface area contributed by atoms with E-state index in [1.807, 2.05) is 24.7 Å². The number of fused-ring (bicyclic) bond motifs is 1. The van der Waals surface area contributed by atoms with E-state index in [2.05, 4.69) is 25.9 Å². The Morgan fingerprint density at radius 1 is 1.23 bits per heavy atom. The van der Waals surface area contributed by atoms with Crippen molar-refractivity contribution in [3.63, 3.8) is 0 Å². The molecule has 1 fully saturated rings. The van der Waals surface area contributed by atoms with Crippen molar-refractivity contribution in [1.82, 2.24) is 25.3 Å². The highest BCUT2D eigenvalue weighted by Crippen LogP contribution is 2.36. The normalized spacial score (nSPS) is 18.1. The van der Waals surface area contributed by atoms with E-state index in [4.69, 9.17) is 0 Å². The lowest BCUT2D eigenvalue weighted by Crippen LogP contribution is -2.29. The summed E-state index contributed by atoms with van der Waals surface area (Å²) >= 11 is 0. The van der Waals surface area contributed by atoms with E-state index in [-0.39, 0.29) is 11.7 Å². The van der Waals surface area contributed by atoms with Gasteiger partial charge in [0.1, 0.15) is 11.5 Å². The van der Waals surface area contributed by atoms with Gasteiger partial charge >= 0.3 is 0 Å². The molecular formula is C22H23FN6O. The number of carbonyl (C=O) groups excluding carboxylic acids is 1. The van der Waals surface area contributed by atoms with E-state index in [1.54, 1.807) is 12.1 Å². The fourth-order valence-electron chi connectivity index (χ4n) is 4.39. The first-order chi connectivity index (χ1) is 14.5. The number of piperidine rings is 1. The Hall–Kier alpha value is -3.26. The number of aromatic amines is 1. The largest absolute Gasteiger partial charge is 0.358 e. The van der Waals surface area contributed by atoms with Crippen LogP contribution in [0.15, 0.2) is 24.4 Å². The number of nitrogens with zero attached hydrogens (tertiary/aromatic N) is 3. The Morgan fingerprint density at radius 2 is 2.03 bits per heavy atom. The van der Waals surface area contributed by atoms with E-state index >= 15 is 0 Å². The highest BCUT2D eigenvalue weighted by molar-refractivity contribution is 6.34. The first kappa shape index (κ1) is 18.7. The summed E-state index contributed by atoms with van der Waals surface area (Å²) in [7, 11) is 0. The van der Waals surface area contributed by atoms with Crippen molar-refractivity contribution >= 4 is 23.2 Å². The summed E-state index contributed by atoms with van der Waals surface area (Å²) in [5.41, 5.74) is 6.18. The van der Waals surface area contributed by atoms with Crippen LogP contribution in [0.5, 0.6) is 0 Å². The topological polar surface area (TPSA) is 87.6 Å². The first-order valence-corrected chi connectivity index (χ1v) is 10.2. The Bertz CT molecular complexity index is 1170. The number of amides is 1. The van der Waals surface area contributed by atoms with Crippen molar-refractivity contribution in [2.45, 2.75) is 32.7 Å². The average molecular weight is 406 g/mol. The number of halogens is 1. The van der Waals surface area contributed by atoms with Crippen LogP contribution in [0.25, 0.3) is 22.9 Å². The molecule has 2 aliphatic rings. The van der Waals surface area contributed by atoms with Gasteiger partial charge in [-0.2, -0.15) is 0 Å². The molecule has 1 aromatic carbocycles. The fraction of sp³-hybridized carbons (Fsp3) is 0.318. The van der Waals surface area contributed by atoms with Crippen LogP contribution in [0.1, 0.15) is 41.4 Å². The second-order valence-corrected chi connectivity index (χ2v) is 7.93. The molecular weight excluding hydrogens is 383 g/mol. The van der Waals surface area contributed by atoms with Gasteiger partial charge in [-0.05, 0) is 69.6 Å². The minimum Gasteiger partial charge on any atom is -0.358 e. The number of aryl methyl sites for hydroxylation is 1. The van der Waals surface area contributed by atoms with Gasteiger partial charge in [-0.15, -0.1) is 5.10 Å². The van der Waals surface area contributed by atoms with Crippen molar-refractivity contribution in [1.29, 1.82) is 0 Å². The van der Waals surface area contributed by atoms with Crippen LogP contribution in [-0.2, 0) is 4.79 Å². The Kier molecular flexibility index (Phi) is 4.51. The van der Waals surface area contributed by atoms with E-state index in [0.29, 0.717) is 22.9 Å². The second-order valence-electron chi connectivity index (χ2n) is 7.93. The average Bonchev–Trinajstić information content (AvgIpc) is 3.40. The lowest BCUT2D eigenvalue weighted by atomic mass is 10.0. The predicted molar refractivity (Wildman–Crippen MR) is 113 cm³/mol. The maximum absolute atomic E-state index is 13.7. The number of hydrogen-bond donors (Lipinski definition) is 3. The van der Waals surface area contributed by atoms with Crippen molar-refractivity contribution in [3.05, 3.63) is 52.7 Å². The van der Waals surface area contributed by atoms with E-state index in [0.717, 1.165) is 54.1 Å². The first-order valence-electron chi connectivity index (χ1n) is 10.2. The predicted octanol–water partition coefficient (Wildman–Crippen LogP) is 3.45. The molecule has 2 aromatic heterocycles. The Labute approximate surface area is 173 Å². The molecule has 0 bridgehead atoms. The summed E-state index contributed by atoms with van der Waals surface area (Å²) in [5, 5.41) is 14.9. The molecule has 3 aromatic rings. The third-order valence-electron chi connectivity index (χ3n) is 5.98. The van der Waals surface area contributed by atoms with Crippen LogP contribution in [0.4, 0.5) is 10.1 Å². The van der Waals surface area contributed by atoms with Crippen LogP contribution in [0.2, 0.25) is 0 Å². The van der Waals surface area contributed by atoms with Crippen molar-refractivity contribution in [2.24, 2.45) is 0 Å². The van der Waals surface area contributed by atoms with E-state index in [9.17, 15) is 9.18 Å². The zero-order valence-electron chi connectivity index (χ0n) is 16.9. The molecule has 0 atom stereocenters. The van der Waals surface area contributed by atoms with Gasteiger partial charge in [0.15, 0.2) is 0 Å². The van der Waals surface area contributed by atoms with Gasteiger partial charge in [0, 0.05) is 28.2 Å². The second kappa shape index (κ2) is 7.21. The molecule has 3 N–H and O–H groups in total. The molecule has 0 spiro atoms. The smallest absolute Gasteiger partial charge is 0.256 e. The molecule has 1 amide bonds. The van der Waals surface area contributed by atoms with Gasteiger partial charge < -0.3 is 15.6 Å². The number of rotatable bonds is 3. The monoisotopic (exact) mass is 406 g/mol. The van der Waals surface area contributed by atoms with Crippen molar-refractivity contribution in [3.8, 4) is 11.3 Å². The van der Waals surface area contributed by atoms with Gasteiger partial charge in [0.2, 0.25) is 0 Å². The lowest BCUT2D eigenvalue weighted by Gasteiger charge is -2.22. The van der Waals surface area contributed by atoms with Crippen LogP contribution < -0.4 is 10.6 Å². The third kappa shape index (κ3) is 3.13. The Morgan fingerprint density at radius 3 is 2.83 bits per heavy atom. The number of carbonyl (C=O) groups is 1. The van der Waals surface area contributed by atoms with Crippen LogP contribution in [0.3, 0.4) is 0 Å². The van der Waals surface area contributed by atoms with Gasteiger partial charge in [-0.3, -0.25) is 4.79 Å². The zero-order valence-corrected chi connectivity index (χ0v) is 16.9. The molecule has 154 valence electrons. The number of aromatic nitrogens is 4. The molecule has 7 nitrogen and oxygen atoms in total. The number of nitrogens with one attached hydrogen (secondary N) is 3. The van der Waals surface area contributed by atoms with Crippen molar-refractivity contribution < 1.29 is 9.18 Å². The maximum atomic E-state index is 13.7. The van der Waals surface area contributed by atoms with E-state index < -0.39 is 0 Å². The van der Waals surface area contributed by atoms with Gasteiger partial charge in [-0.25, -0.2) is 9.07 Å². The summed E-state index contributed by atoms with van der Waals surface area (Å²) in [4.78, 5) is 15.8. The molecule has 0 radical (unpaired) electrons. The molecule has 0 saturated carbocycles. The minimum atomic E-state index is -0.370. The highest BCUT2D eigenvalue weighted by atomic mass is 19.1. The molecule has 0 unspecified atom stereocenters. The molecule has 8 heteroatoms. The highest BCUT2D eigenvalue weighted by Gasteiger charge is 2.26. The van der Waals surface area contributed by atoms with Crippen LogP contribution >= 0.6 is 0 Å². The molecule has 1 saturated heterocycles. The van der Waals surface area contributed by atoms with E-state index in [1.165, 1.54) is 12.1 Å². The molecule has 4 heterocycles. The van der Waals surface area contributed by atoms with Crippen LogP contribution in [-0.4, -0.2) is 39.0 Å². The molecule has 5 rings (SSSR count). The standard InChI is InChI=1S/C22H23FN6O/c1-12-19(10-17-16-9-14(23)3-4-18(16)26-22(17)30)25-13(2)21(12)20-11-29(28-27-20)15-5-7-24-8-6-15/h3-4,9-11,15,24-25H,5-8H2,1-2H3,(H,26,30)/b17-10+. The third-order valence-corrected chi connectivity index (χ3v) is 5.98. The number of H-pyrrole nitrogens is 1. The van der Waals surface area contributed by atoms with Gasteiger partial charge in [0.05, 0.1) is 17.8 Å². The minimum absolute atomic E-state index is 0.236. The quantitative estimate of drug-likeness (QED) is 0.582. The summed E-state index contributed by atoms with van der Waals surface area (Å²) < 4.78 is 15.7. The maximum Gasteiger partial charge on any atom is 0.256 e. The lowest BCUT2D eigenvalue weighted by molar-refractivity contribution is -0.110. The summed E-state index contributed by atoms with van der Waals surface area (Å²) in [6.45, 7) is 5.96. The summed E-state index contributed by atoms with van der Waals surface area (Å²) in [5.74, 6) is -0.605. The Balaban J connectivity index is 1.51. The molecule has 30 heavy (non-hydrogen) atoms. The molecule has 0 aliphatic carbocycles. The van der Waals surface area contributed by atoms with Crippen molar-refractivity contribution in [2.75, 3.05) is 18.4 Å². The SMILES string of the molecule is Cc1[nH]c(/C=C2/C(=O)Nc3ccc(F)cc32)c(C)c1-c1cn(C2CCNCC2)nn1. The number of benzene rings is 1. The van der Waals surface area contributed by atoms with Crippen LogP contribution in [0, 0.1) is 19.7 Å². The summed E-state index contributed by atoms with van der Waals surface area (Å²) in [6.07, 6.45) is 5.86. The molecule has 2 aliphatic heterocycles.